The molecule has 2 rings (SSSR count). The van der Waals surface area contributed by atoms with Crippen molar-refractivity contribution < 1.29 is 9.59 Å². The maximum Gasteiger partial charge on any atom is 0.232 e. The fourth-order valence-corrected chi connectivity index (χ4v) is 2.83. The summed E-state index contributed by atoms with van der Waals surface area (Å²) in [6, 6.07) is 7.76. The van der Waals surface area contributed by atoms with Crippen molar-refractivity contribution in [3.63, 3.8) is 0 Å². The van der Waals surface area contributed by atoms with Gasteiger partial charge in [-0.25, -0.2) is 0 Å². The Bertz CT molecular complexity index is 525. The number of nitrogens with zero attached hydrogens (tertiary/aromatic N) is 1. The van der Waals surface area contributed by atoms with E-state index in [-0.39, 0.29) is 17.7 Å². The standard InChI is InChI=1S/C15H19BrN2O2/c1-15(2,11-3-5-12(16)6-4-11)14(20)18-8-7-10(9-18)13(17)19/h3-6,10H,7-9H2,1-2H3,(H2,17,19)/t10-/m0/s1. The molecule has 5 heteroatoms. The first-order chi connectivity index (χ1) is 9.32. The van der Waals surface area contributed by atoms with Crippen LogP contribution in [0.1, 0.15) is 25.8 Å². The van der Waals surface area contributed by atoms with E-state index in [1.54, 1.807) is 4.90 Å². The van der Waals surface area contributed by atoms with Gasteiger partial charge in [0.25, 0.3) is 0 Å². The molecule has 1 atom stereocenters. The highest BCUT2D eigenvalue weighted by atomic mass is 79.9. The number of hydrogen-bond acceptors (Lipinski definition) is 2. The molecule has 1 aromatic rings. The molecule has 0 bridgehead atoms. The van der Waals surface area contributed by atoms with Crippen LogP contribution in [0.3, 0.4) is 0 Å². The molecule has 108 valence electrons. The Morgan fingerprint density at radius 3 is 2.40 bits per heavy atom. The minimum absolute atomic E-state index is 0.0450. The monoisotopic (exact) mass is 338 g/mol. The largest absolute Gasteiger partial charge is 0.369 e. The molecule has 1 aromatic carbocycles. The van der Waals surface area contributed by atoms with E-state index < -0.39 is 5.41 Å². The van der Waals surface area contributed by atoms with E-state index >= 15 is 0 Å². The molecule has 0 aromatic heterocycles. The lowest BCUT2D eigenvalue weighted by atomic mass is 9.83. The lowest BCUT2D eigenvalue weighted by Crippen LogP contribution is -2.43. The van der Waals surface area contributed by atoms with Crippen LogP contribution in [0.5, 0.6) is 0 Å². The molecule has 1 aliphatic heterocycles. The van der Waals surface area contributed by atoms with Gasteiger partial charge in [-0.1, -0.05) is 28.1 Å². The molecule has 20 heavy (non-hydrogen) atoms. The summed E-state index contributed by atoms with van der Waals surface area (Å²) < 4.78 is 0.986. The van der Waals surface area contributed by atoms with E-state index in [1.165, 1.54) is 0 Å². The minimum atomic E-state index is -0.604. The highest BCUT2D eigenvalue weighted by Gasteiger charge is 2.38. The van der Waals surface area contributed by atoms with E-state index in [1.807, 2.05) is 38.1 Å². The van der Waals surface area contributed by atoms with Crippen molar-refractivity contribution in [3.8, 4) is 0 Å². The van der Waals surface area contributed by atoms with Crippen molar-refractivity contribution in [2.45, 2.75) is 25.7 Å². The third-order valence-corrected chi connectivity index (χ3v) is 4.51. The van der Waals surface area contributed by atoms with Gasteiger partial charge in [0.2, 0.25) is 11.8 Å². The molecule has 1 heterocycles. The summed E-state index contributed by atoms with van der Waals surface area (Å²) in [5, 5.41) is 0. The number of primary amides is 1. The zero-order valence-corrected chi connectivity index (χ0v) is 13.3. The topological polar surface area (TPSA) is 63.4 Å². The van der Waals surface area contributed by atoms with E-state index in [4.69, 9.17) is 5.73 Å². The zero-order chi connectivity index (χ0) is 14.9. The van der Waals surface area contributed by atoms with Crippen LogP contribution in [0.15, 0.2) is 28.7 Å². The molecular formula is C15H19BrN2O2. The van der Waals surface area contributed by atoms with Gasteiger partial charge >= 0.3 is 0 Å². The summed E-state index contributed by atoms with van der Waals surface area (Å²) in [5.74, 6) is -0.481. The molecule has 0 aliphatic carbocycles. The Hall–Kier alpha value is -1.36. The number of benzene rings is 1. The van der Waals surface area contributed by atoms with Crippen molar-refractivity contribution in [1.82, 2.24) is 4.90 Å². The predicted molar refractivity (Wildman–Crippen MR) is 81.0 cm³/mol. The van der Waals surface area contributed by atoms with Crippen LogP contribution >= 0.6 is 15.9 Å². The Labute approximate surface area is 127 Å². The molecule has 1 saturated heterocycles. The van der Waals surface area contributed by atoms with Gasteiger partial charge < -0.3 is 10.6 Å². The summed E-state index contributed by atoms with van der Waals surface area (Å²) >= 11 is 3.39. The number of carbonyl (C=O) groups is 2. The first-order valence-corrected chi connectivity index (χ1v) is 7.46. The highest BCUT2D eigenvalue weighted by Crippen LogP contribution is 2.29. The van der Waals surface area contributed by atoms with Gasteiger partial charge in [0.05, 0.1) is 11.3 Å². The molecule has 0 saturated carbocycles. The van der Waals surface area contributed by atoms with Crippen molar-refractivity contribution in [1.29, 1.82) is 0 Å². The number of amides is 2. The molecule has 2 N–H and O–H groups in total. The van der Waals surface area contributed by atoms with Gasteiger partial charge in [-0.15, -0.1) is 0 Å². The van der Waals surface area contributed by atoms with Crippen LogP contribution in [0, 0.1) is 5.92 Å². The van der Waals surface area contributed by atoms with Crippen molar-refractivity contribution in [3.05, 3.63) is 34.3 Å². The SMILES string of the molecule is CC(C)(C(=O)N1CC[C@H](C(N)=O)C1)c1ccc(Br)cc1. The average molecular weight is 339 g/mol. The van der Waals surface area contributed by atoms with Crippen LogP contribution in [-0.4, -0.2) is 29.8 Å². The van der Waals surface area contributed by atoms with Crippen molar-refractivity contribution in [2.24, 2.45) is 11.7 Å². The molecule has 1 fully saturated rings. The van der Waals surface area contributed by atoms with Gasteiger partial charge in [-0.2, -0.15) is 0 Å². The average Bonchev–Trinajstić information content (AvgIpc) is 2.88. The van der Waals surface area contributed by atoms with Crippen molar-refractivity contribution in [2.75, 3.05) is 13.1 Å². The molecular weight excluding hydrogens is 320 g/mol. The summed E-state index contributed by atoms with van der Waals surface area (Å²) in [5.41, 5.74) is 5.68. The number of rotatable bonds is 3. The Balaban J connectivity index is 2.15. The second kappa shape index (κ2) is 5.56. The highest BCUT2D eigenvalue weighted by molar-refractivity contribution is 9.10. The summed E-state index contributed by atoms with van der Waals surface area (Å²) in [6.07, 6.45) is 0.664. The second-order valence-corrected chi connectivity index (χ2v) is 6.69. The minimum Gasteiger partial charge on any atom is -0.369 e. The van der Waals surface area contributed by atoms with Gasteiger partial charge in [0, 0.05) is 17.6 Å². The Morgan fingerprint density at radius 2 is 1.90 bits per heavy atom. The van der Waals surface area contributed by atoms with Gasteiger partial charge in [-0.05, 0) is 38.0 Å². The maximum absolute atomic E-state index is 12.7. The third kappa shape index (κ3) is 2.87. The first-order valence-electron chi connectivity index (χ1n) is 6.67. The fourth-order valence-electron chi connectivity index (χ4n) is 2.56. The van der Waals surface area contributed by atoms with E-state index in [0.29, 0.717) is 19.5 Å². The van der Waals surface area contributed by atoms with E-state index in [0.717, 1.165) is 10.0 Å². The van der Waals surface area contributed by atoms with E-state index in [9.17, 15) is 9.59 Å². The number of halogens is 1. The predicted octanol–water partition coefficient (Wildman–Crippen LogP) is 2.06. The number of carbonyl (C=O) groups excluding carboxylic acids is 2. The third-order valence-electron chi connectivity index (χ3n) is 3.98. The molecule has 2 amide bonds. The first kappa shape index (κ1) is 15.0. The van der Waals surface area contributed by atoms with Crippen LogP contribution in [0.4, 0.5) is 0 Å². The molecule has 0 unspecified atom stereocenters. The van der Waals surface area contributed by atoms with Gasteiger partial charge in [-0.3, -0.25) is 9.59 Å². The number of hydrogen-bond donors (Lipinski definition) is 1. The van der Waals surface area contributed by atoms with Crippen LogP contribution < -0.4 is 5.73 Å². The molecule has 0 radical (unpaired) electrons. The number of nitrogens with two attached hydrogens (primary N) is 1. The fraction of sp³-hybridized carbons (Fsp3) is 0.467. The lowest BCUT2D eigenvalue weighted by Gasteiger charge is -2.29. The van der Waals surface area contributed by atoms with Crippen molar-refractivity contribution >= 4 is 27.7 Å². The molecule has 1 aliphatic rings. The summed E-state index contributed by atoms with van der Waals surface area (Å²) in [6.45, 7) is 4.87. The molecule has 4 nitrogen and oxygen atoms in total. The maximum atomic E-state index is 12.7. The van der Waals surface area contributed by atoms with Gasteiger partial charge in [0.1, 0.15) is 0 Å². The quantitative estimate of drug-likeness (QED) is 0.916. The number of likely N-dealkylation sites (tertiary alicyclic amines) is 1. The van der Waals surface area contributed by atoms with E-state index in [2.05, 4.69) is 15.9 Å². The van der Waals surface area contributed by atoms with Gasteiger partial charge in [0.15, 0.2) is 0 Å². The lowest BCUT2D eigenvalue weighted by molar-refractivity contribution is -0.135. The Morgan fingerprint density at radius 1 is 1.30 bits per heavy atom. The smallest absolute Gasteiger partial charge is 0.232 e. The van der Waals surface area contributed by atoms with Crippen LogP contribution in [0.2, 0.25) is 0 Å². The summed E-state index contributed by atoms with van der Waals surface area (Å²) in [4.78, 5) is 25.6. The Kier molecular flexibility index (Phi) is 4.18. The summed E-state index contributed by atoms with van der Waals surface area (Å²) in [7, 11) is 0. The second-order valence-electron chi connectivity index (χ2n) is 5.77. The molecule has 0 spiro atoms. The zero-order valence-electron chi connectivity index (χ0n) is 11.7. The van der Waals surface area contributed by atoms with Crippen LogP contribution in [-0.2, 0) is 15.0 Å². The normalized spacial score (nSPS) is 19.1. The van der Waals surface area contributed by atoms with Crippen LogP contribution in [0.25, 0.3) is 0 Å².